The monoisotopic (exact) mass is 386 g/mol. The van der Waals surface area contributed by atoms with Gasteiger partial charge in [0.05, 0.1) is 11.7 Å². The number of carbonyl (C=O) groups is 1. The largest absolute Gasteiger partial charge is 0.346 e. The fourth-order valence-corrected chi connectivity index (χ4v) is 3.63. The number of halogens is 2. The first-order valence-corrected chi connectivity index (χ1v) is 8.93. The topological polar surface area (TPSA) is 59.3 Å². The summed E-state index contributed by atoms with van der Waals surface area (Å²) in [5, 5.41) is 7.30. The predicted molar refractivity (Wildman–Crippen MR) is 98.9 cm³/mol. The van der Waals surface area contributed by atoms with Gasteiger partial charge >= 0.3 is 0 Å². The van der Waals surface area contributed by atoms with Crippen LogP contribution in [0.4, 0.5) is 4.39 Å². The second kappa shape index (κ2) is 6.86. The molecule has 8 heteroatoms. The van der Waals surface area contributed by atoms with Gasteiger partial charge in [-0.3, -0.25) is 4.79 Å². The van der Waals surface area contributed by atoms with Crippen LogP contribution in [0.1, 0.15) is 15.4 Å². The van der Waals surface area contributed by atoms with Crippen molar-refractivity contribution in [2.75, 3.05) is 0 Å². The molecule has 0 saturated heterocycles. The summed E-state index contributed by atoms with van der Waals surface area (Å²) >= 11 is 7.42. The Kier molecular flexibility index (Phi) is 4.40. The van der Waals surface area contributed by atoms with E-state index in [1.165, 1.54) is 12.1 Å². The number of hydrogen-bond donors (Lipinski definition) is 1. The first-order chi connectivity index (χ1) is 12.6. The summed E-state index contributed by atoms with van der Waals surface area (Å²) in [5.41, 5.74) is 2.96. The minimum absolute atomic E-state index is 0.266. The van der Waals surface area contributed by atoms with Crippen molar-refractivity contribution in [1.29, 1.82) is 0 Å². The van der Waals surface area contributed by atoms with Crippen molar-refractivity contribution in [2.24, 2.45) is 0 Å². The molecular formula is C18H12ClFN4OS. The second-order valence-corrected chi connectivity index (χ2v) is 7.14. The predicted octanol–water partition coefficient (Wildman–Crippen LogP) is 4.18. The molecule has 1 aromatic carbocycles. The summed E-state index contributed by atoms with van der Waals surface area (Å²) in [4.78, 5) is 16.8. The lowest BCUT2D eigenvalue weighted by atomic mass is 10.2. The van der Waals surface area contributed by atoms with Crippen molar-refractivity contribution in [3.05, 3.63) is 75.6 Å². The van der Waals surface area contributed by atoms with Gasteiger partial charge in [0.1, 0.15) is 15.8 Å². The van der Waals surface area contributed by atoms with Gasteiger partial charge in [-0.15, -0.1) is 0 Å². The lowest BCUT2D eigenvalue weighted by molar-refractivity contribution is 0.0950. The number of nitrogens with one attached hydrogen (secondary N) is 1. The van der Waals surface area contributed by atoms with Crippen molar-refractivity contribution < 1.29 is 9.18 Å². The van der Waals surface area contributed by atoms with Crippen LogP contribution in [0.25, 0.3) is 16.8 Å². The molecular weight excluding hydrogens is 375 g/mol. The van der Waals surface area contributed by atoms with E-state index in [9.17, 15) is 9.18 Å². The molecule has 0 atom stereocenters. The molecule has 0 unspecified atom stereocenters. The normalized spacial score (nSPS) is 11.0. The molecule has 130 valence electrons. The first-order valence-electron chi connectivity index (χ1n) is 7.73. The van der Waals surface area contributed by atoms with Crippen LogP contribution in [-0.4, -0.2) is 20.5 Å². The molecule has 3 heterocycles. The number of amides is 1. The number of fused-ring (bicyclic) bond motifs is 1. The first kappa shape index (κ1) is 16.7. The van der Waals surface area contributed by atoms with E-state index in [0.29, 0.717) is 10.0 Å². The van der Waals surface area contributed by atoms with E-state index in [1.54, 1.807) is 22.8 Å². The lowest BCUT2D eigenvalue weighted by Crippen LogP contribution is -2.22. The maximum Gasteiger partial charge on any atom is 0.280 e. The Morgan fingerprint density at radius 3 is 2.85 bits per heavy atom. The molecule has 0 aliphatic rings. The van der Waals surface area contributed by atoms with Crippen LogP contribution in [0.2, 0.25) is 4.34 Å². The number of aromatic nitrogens is 3. The Morgan fingerprint density at radius 1 is 1.23 bits per heavy atom. The summed E-state index contributed by atoms with van der Waals surface area (Å²) in [6.45, 7) is 0.280. The molecule has 1 amide bonds. The summed E-state index contributed by atoms with van der Waals surface area (Å²) < 4.78 is 15.1. The second-order valence-electron chi connectivity index (χ2n) is 5.54. The fourth-order valence-electron chi connectivity index (χ4n) is 2.54. The highest BCUT2D eigenvalue weighted by Gasteiger charge is 2.19. The fraction of sp³-hybridized carbons (Fsp3) is 0.0556. The molecule has 0 aliphatic carbocycles. The van der Waals surface area contributed by atoms with E-state index in [4.69, 9.17) is 11.6 Å². The van der Waals surface area contributed by atoms with Gasteiger partial charge in [0, 0.05) is 18.3 Å². The molecule has 4 rings (SSSR count). The highest BCUT2D eigenvalue weighted by Crippen LogP contribution is 2.34. The summed E-state index contributed by atoms with van der Waals surface area (Å²) in [6, 6.07) is 11.6. The molecule has 1 N–H and O–H groups in total. The number of thiazole rings is 1. The van der Waals surface area contributed by atoms with E-state index in [1.807, 2.05) is 24.4 Å². The summed E-state index contributed by atoms with van der Waals surface area (Å²) in [6.07, 6.45) is 3.51. The third-order valence-electron chi connectivity index (χ3n) is 3.83. The zero-order valence-corrected chi connectivity index (χ0v) is 14.9. The number of carbonyl (C=O) groups excluding carboxylic acids is 1. The highest BCUT2D eigenvalue weighted by atomic mass is 35.5. The number of hydrogen-bond acceptors (Lipinski definition) is 4. The van der Waals surface area contributed by atoms with Crippen LogP contribution in [0.5, 0.6) is 0 Å². The Bertz CT molecular complexity index is 1090. The van der Waals surface area contributed by atoms with Gasteiger partial charge in [-0.1, -0.05) is 41.1 Å². The summed E-state index contributed by atoms with van der Waals surface area (Å²) in [7, 11) is 0. The standard InChI is InChI=1S/C18H12ClFN4OS/c19-16-15(13-10-22-24-8-2-1-3-14(13)24)23-18(26-16)17(25)21-9-11-4-6-12(20)7-5-11/h1-8,10H,9H2,(H,21,25). The smallest absolute Gasteiger partial charge is 0.280 e. The molecule has 3 aromatic heterocycles. The molecule has 0 radical (unpaired) electrons. The highest BCUT2D eigenvalue weighted by molar-refractivity contribution is 7.18. The zero-order chi connectivity index (χ0) is 18.1. The van der Waals surface area contributed by atoms with E-state index >= 15 is 0 Å². The Labute approximate surface area is 157 Å². The Balaban J connectivity index is 1.56. The van der Waals surface area contributed by atoms with Gasteiger partial charge in [-0.25, -0.2) is 13.9 Å². The molecule has 0 spiro atoms. The average Bonchev–Trinajstić information content (AvgIpc) is 3.24. The van der Waals surface area contributed by atoms with E-state index in [-0.39, 0.29) is 23.3 Å². The lowest BCUT2D eigenvalue weighted by Gasteiger charge is -2.03. The van der Waals surface area contributed by atoms with Crippen LogP contribution in [0.15, 0.2) is 54.9 Å². The average molecular weight is 387 g/mol. The molecule has 4 aromatic rings. The number of pyridine rings is 1. The molecule has 26 heavy (non-hydrogen) atoms. The molecule has 0 saturated carbocycles. The molecule has 0 fully saturated rings. The van der Waals surface area contributed by atoms with Crippen molar-refractivity contribution in [3.8, 4) is 11.3 Å². The number of benzene rings is 1. The van der Waals surface area contributed by atoms with Gasteiger partial charge in [0.25, 0.3) is 5.91 Å². The van der Waals surface area contributed by atoms with Crippen LogP contribution in [-0.2, 0) is 6.54 Å². The van der Waals surface area contributed by atoms with Gasteiger partial charge in [0.2, 0.25) is 0 Å². The van der Waals surface area contributed by atoms with E-state index in [2.05, 4.69) is 15.4 Å². The van der Waals surface area contributed by atoms with Crippen molar-refractivity contribution in [3.63, 3.8) is 0 Å². The summed E-state index contributed by atoms with van der Waals surface area (Å²) in [5.74, 6) is -0.645. The Morgan fingerprint density at radius 2 is 2.04 bits per heavy atom. The zero-order valence-electron chi connectivity index (χ0n) is 13.3. The maximum absolute atomic E-state index is 12.9. The van der Waals surface area contributed by atoms with Gasteiger partial charge in [-0.05, 0) is 29.8 Å². The minimum Gasteiger partial charge on any atom is -0.346 e. The molecule has 0 aliphatic heterocycles. The SMILES string of the molecule is O=C(NCc1ccc(F)cc1)c1nc(-c2cnn3ccccc23)c(Cl)s1. The third-order valence-corrected chi connectivity index (χ3v) is 5.08. The van der Waals surface area contributed by atoms with Gasteiger partial charge < -0.3 is 5.32 Å². The quantitative estimate of drug-likeness (QED) is 0.572. The number of rotatable bonds is 4. The van der Waals surface area contributed by atoms with Crippen LogP contribution >= 0.6 is 22.9 Å². The van der Waals surface area contributed by atoms with Gasteiger partial charge in [0.15, 0.2) is 5.01 Å². The van der Waals surface area contributed by atoms with Gasteiger partial charge in [-0.2, -0.15) is 5.10 Å². The van der Waals surface area contributed by atoms with Crippen LogP contribution < -0.4 is 5.32 Å². The van der Waals surface area contributed by atoms with Crippen molar-refractivity contribution >= 4 is 34.4 Å². The number of nitrogens with zero attached hydrogens (tertiary/aromatic N) is 3. The van der Waals surface area contributed by atoms with E-state index < -0.39 is 0 Å². The van der Waals surface area contributed by atoms with E-state index in [0.717, 1.165) is 28.0 Å². The third kappa shape index (κ3) is 3.18. The molecule has 0 bridgehead atoms. The van der Waals surface area contributed by atoms with Crippen molar-refractivity contribution in [1.82, 2.24) is 19.9 Å². The van der Waals surface area contributed by atoms with Crippen LogP contribution in [0, 0.1) is 5.82 Å². The molecule has 5 nitrogen and oxygen atoms in total. The van der Waals surface area contributed by atoms with Crippen LogP contribution in [0.3, 0.4) is 0 Å². The Hall–Kier alpha value is -2.77. The minimum atomic E-state index is -0.330. The maximum atomic E-state index is 12.9. The van der Waals surface area contributed by atoms with Crippen molar-refractivity contribution in [2.45, 2.75) is 6.54 Å².